The molecule has 0 amide bonds. The van der Waals surface area contributed by atoms with Crippen LogP contribution in [0.4, 0.5) is 0 Å². The maximum absolute atomic E-state index is 11.5. The molecule has 86 valence electrons. The summed E-state index contributed by atoms with van der Waals surface area (Å²) in [6, 6.07) is 0.244. The summed E-state index contributed by atoms with van der Waals surface area (Å²) in [6.07, 6.45) is 1.89. The van der Waals surface area contributed by atoms with Crippen molar-refractivity contribution in [3.05, 3.63) is 17.7 Å². The third kappa shape index (κ3) is 3.06. The topological polar surface area (TPSA) is 52.0 Å². The third-order valence-electron chi connectivity index (χ3n) is 2.27. The summed E-state index contributed by atoms with van der Waals surface area (Å²) in [4.78, 5) is 4.25. The summed E-state index contributed by atoms with van der Waals surface area (Å²) < 4.78 is 24.9. The Morgan fingerprint density at radius 3 is 2.53 bits per heavy atom. The molecule has 0 unspecified atom stereocenters. The largest absolute Gasteiger partial charge is 0.331 e. The minimum Gasteiger partial charge on any atom is -0.331 e. The Kier molecular flexibility index (Phi) is 3.54. The highest BCUT2D eigenvalue weighted by atomic mass is 32.2. The summed E-state index contributed by atoms with van der Waals surface area (Å²) >= 11 is 0. The second kappa shape index (κ2) is 4.35. The summed E-state index contributed by atoms with van der Waals surface area (Å²) in [7, 11) is -3.00. The summed E-state index contributed by atoms with van der Waals surface area (Å²) in [5.41, 5.74) is 0.866. The van der Waals surface area contributed by atoms with Crippen LogP contribution in [0, 0.1) is 6.92 Å². The van der Waals surface area contributed by atoms with Gasteiger partial charge in [0, 0.05) is 18.0 Å². The van der Waals surface area contributed by atoms with E-state index in [1.165, 1.54) is 0 Å². The molecule has 0 spiro atoms. The molecule has 1 aromatic heterocycles. The highest BCUT2D eigenvalue weighted by Gasteiger charge is 2.15. The van der Waals surface area contributed by atoms with Gasteiger partial charge in [-0.1, -0.05) is 6.92 Å². The number of aryl methyl sites for hydroxylation is 1. The first-order valence-electron chi connectivity index (χ1n) is 5.10. The van der Waals surface area contributed by atoms with E-state index >= 15 is 0 Å². The molecule has 0 bridgehead atoms. The van der Waals surface area contributed by atoms with Crippen LogP contribution in [0.3, 0.4) is 0 Å². The van der Waals surface area contributed by atoms with Crippen LogP contribution in [0.1, 0.15) is 38.3 Å². The molecule has 1 rings (SSSR count). The van der Waals surface area contributed by atoms with Gasteiger partial charge in [-0.15, -0.1) is 0 Å². The quantitative estimate of drug-likeness (QED) is 0.791. The Balaban J connectivity index is 3.04. The van der Waals surface area contributed by atoms with E-state index in [-0.39, 0.29) is 17.5 Å². The molecular formula is C10H18N2O2S. The number of nitrogens with zero attached hydrogens (tertiary/aromatic N) is 2. The van der Waals surface area contributed by atoms with Crippen LogP contribution in [0.5, 0.6) is 0 Å². The lowest BCUT2D eigenvalue weighted by molar-refractivity contribution is 0.566. The minimum atomic E-state index is -3.00. The van der Waals surface area contributed by atoms with Gasteiger partial charge in [-0.05, 0) is 20.8 Å². The Morgan fingerprint density at radius 2 is 2.07 bits per heavy atom. The van der Waals surface area contributed by atoms with E-state index in [1.807, 2.05) is 31.5 Å². The molecule has 0 fully saturated rings. The molecular weight excluding hydrogens is 212 g/mol. The summed E-state index contributed by atoms with van der Waals surface area (Å²) in [5, 5.41) is 0. The molecule has 15 heavy (non-hydrogen) atoms. The van der Waals surface area contributed by atoms with Crippen molar-refractivity contribution in [2.45, 2.75) is 39.5 Å². The van der Waals surface area contributed by atoms with Crippen molar-refractivity contribution >= 4 is 9.84 Å². The predicted octanol–water partition coefficient (Wildman–Crippen LogP) is 1.71. The van der Waals surface area contributed by atoms with Crippen LogP contribution in [-0.4, -0.2) is 23.7 Å². The second-order valence-electron chi connectivity index (χ2n) is 3.98. The van der Waals surface area contributed by atoms with Gasteiger partial charge >= 0.3 is 0 Å². The van der Waals surface area contributed by atoms with E-state index < -0.39 is 9.84 Å². The van der Waals surface area contributed by atoms with Crippen LogP contribution in [0.2, 0.25) is 0 Å². The van der Waals surface area contributed by atoms with Crippen molar-refractivity contribution in [3.63, 3.8) is 0 Å². The lowest BCUT2D eigenvalue weighted by Crippen LogP contribution is -2.13. The van der Waals surface area contributed by atoms with Gasteiger partial charge in [0.15, 0.2) is 9.84 Å². The van der Waals surface area contributed by atoms with Crippen molar-refractivity contribution in [3.8, 4) is 0 Å². The van der Waals surface area contributed by atoms with Gasteiger partial charge in [0.05, 0.1) is 5.69 Å². The Bertz CT molecular complexity index is 432. The highest BCUT2D eigenvalue weighted by Crippen LogP contribution is 2.13. The average Bonchev–Trinajstić information content (AvgIpc) is 2.46. The van der Waals surface area contributed by atoms with E-state index in [1.54, 1.807) is 6.92 Å². The first-order valence-corrected chi connectivity index (χ1v) is 6.92. The van der Waals surface area contributed by atoms with Crippen molar-refractivity contribution in [2.75, 3.05) is 5.75 Å². The zero-order valence-electron chi connectivity index (χ0n) is 9.69. The fraction of sp³-hybridized carbons (Fsp3) is 0.700. The lowest BCUT2D eigenvalue weighted by atomic mass is 10.4. The van der Waals surface area contributed by atoms with Crippen molar-refractivity contribution in [2.24, 2.45) is 0 Å². The van der Waals surface area contributed by atoms with E-state index in [2.05, 4.69) is 4.98 Å². The molecule has 4 nitrogen and oxygen atoms in total. The maximum Gasteiger partial charge on any atom is 0.157 e. The van der Waals surface area contributed by atoms with Gasteiger partial charge in [0.2, 0.25) is 0 Å². The predicted molar refractivity (Wildman–Crippen MR) is 60.5 cm³/mol. The SMILES string of the molecule is CCS(=O)(=O)Cc1nc(C)cn1C(C)C. The van der Waals surface area contributed by atoms with E-state index in [0.29, 0.717) is 5.82 Å². The fourth-order valence-corrected chi connectivity index (χ4v) is 2.23. The average molecular weight is 230 g/mol. The van der Waals surface area contributed by atoms with Gasteiger partial charge in [-0.3, -0.25) is 0 Å². The molecule has 0 aromatic carbocycles. The molecule has 1 heterocycles. The molecule has 0 aliphatic heterocycles. The molecule has 0 atom stereocenters. The van der Waals surface area contributed by atoms with Crippen molar-refractivity contribution in [1.82, 2.24) is 9.55 Å². The Labute approximate surface area is 91.3 Å². The molecule has 0 aliphatic rings. The number of sulfone groups is 1. The number of hydrogen-bond acceptors (Lipinski definition) is 3. The van der Waals surface area contributed by atoms with E-state index in [0.717, 1.165) is 5.69 Å². The van der Waals surface area contributed by atoms with Crippen molar-refractivity contribution in [1.29, 1.82) is 0 Å². The second-order valence-corrected chi connectivity index (χ2v) is 6.33. The lowest BCUT2D eigenvalue weighted by Gasteiger charge is -2.10. The van der Waals surface area contributed by atoms with Crippen LogP contribution >= 0.6 is 0 Å². The van der Waals surface area contributed by atoms with E-state index in [4.69, 9.17) is 0 Å². The fourth-order valence-electron chi connectivity index (χ4n) is 1.42. The first kappa shape index (κ1) is 12.2. The molecule has 0 saturated carbocycles. The van der Waals surface area contributed by atoms with Crippen molar-refractivity contribution < 1.29 is 8.42 Å². The van der Waals surface area contributed by atoms with Gasteiger partial charge in [0.25, 0.3) is 0 Å². The first-order chi connectivity index (χ1) is 6.85. The molecule has 0 saturated heterocycles. The summed E-state index contributed by atoms with van der Waals surface area (Å²) in [5.74, 6) is 0.844. The number of imidazole rings is 1. The zero-order chi connectivity index (χ0) is 11.6. The monoisotopic (exact) mass is 230 g/mol. The normalized spacial score (nSPS) is 12.3. The zero-order valence-corrected chi connectivity index (χ0v) is 10.5. The maximum atomic E-state index is 11.5. The Morgan fingerprint density at radius 1 is 1.47 bits per heavy atom. The van der Waals surface area contributed by atoms with Gasteiger partial charge < -0.3 is 4.57 Å². The molecule has 5 heteroatoms. The Hall–Kier alpha value is -0.840. The molecule has 0 aliphatic carbocycles. The minimum absolute atomic E-state index is 0.0372. The van der Waals surface area contributed by atoms with Crippen LogP contribution in [0.15, 0.2) is 6.20 Å². The van der Waals surface area contributed by atoms with Crippen LogP contribution < -0.4 is 0 Å². The standard InChI is InChI=1S/C10H18N2O2S/c1-5-15(13,14)7-10-11-9(4)6-12(10)8(2)3/h6,8H,5,7H2,1-4H3. The number of hydrogen-bond donors (Lipinski definition) is 0. The van der Waals surface area contributed by atoms with E-state index in [9.17, 15) is 8.42 Å². The highest BCUT2D eigenvalue weighted by molar-refractivity contribution is 7.90. The molecule has 0 radical (unpaired) electrons. The number of rotatable bonds is 4. The molecule has 1 aromatic rings. The van der Waals surface area contributed by atoms with Gasteiger partial charge in [0.1, 0.15) is 11.6 Å². The van der Waals surface area contributed by atoms with Crippen LogP contribution in [0.25, 0.3) is 0 Å². The molecule has 0 N–H and O–H groups in total. The smallest absolute Gasteiger partial charge is 0.157 e. The van der Waals surface area contributed by atoms with Gasteiger partial charge in [-0.2, -0.15) is 0 Å². The van der Waals surface area contributed by atoms with Crippen LogP contribution in [-0.2, 0) is 15.6 Å². The van der Waals surface area contributed by atoms with Gasteiger partial charge in [-0.25, -0.2) is 13.4 Å². The third-order valence-corrected chi connectivity index (χ3v) is 3.85. The summed E-state index contributed by atoms with van der Waals surface area (Å²) in [6.45, 7) is 7.57. The number of aromatic nitrogens is 2.